The average molecular weight is 359 g/mol. The lowest BCUT2D eigenvalue weighted by Gasteiger charge is -2.32. The maximum absolute atomic E-state index is 12.4. The number of piperidine rings is 1. The molecule has 1 fully saturated rings. The third-order valence-electron chi connectivity index (χ3n) is 4.53. The van der Waals surface area contributed by atoms with Gasteiger partial charge in [0.05, 0.1) is 20.3 Å². The third-order valence-corrected chi connectivity index (χ3v) is 4.53. The fourth-order valence-corrected chi connectivity index (χ4v) is 3.07. The second-order valence-corrected chi connectivity index (χ2v) is 6.25. The highest BCUT2D eigenvalue weighted by Gasteiger charge is 2.23. The Hall–Kier alpha value is -2.75. The van der Waals surface area contributed by atoms with Crippen LogP contribution in [0.1, 0.15) is 31.2 Å². The van der Waals surface area contributed by atoms with Gasteiger partial charge in [-0.15, -0.1) is 0 Å². The van der Waals surface area contributed by atoms with E-state index >= 15 is 0 Å². The lowest BCUT2D eigenvalue weighted by molar-refractivity contribution is -0.132. The van der Waals surface area contributed by atoms with Crippen molar-refractivity contribution in [3.8, 4) is 17.6 Å². The van der Waals surface area contributed by atoms with Crippen LogP contribution in [-0.4, -0.2) is 50.1 Å². The van der Waals surface area contributed by atoms with Gasteiger partial charge in [-0.25, -0.2) is 0 Å². The second-order valence-electron chi connectivity index (χ2n) is 6.25. The summed E-state index contributed by atoms with van der Waals surface area (Å²) in [5.41, 5.74) is 1.02. The van der Waals surface area contributed by atoms with Crippen LogP contribution in [0.15, 0.2) is 18.2 Å². The molecular weight excluding hydrogens is 334 g/mol. The largest absolute Gasteiger partial charge is 0.493 e. The van der Waals surface area contributed by atoms with Gasteiger partial charge in [-0.3, -0.25) is 9.59 Å². The molecule has 0 aliphatic carbocycles. The van der Waals surface area contributed by atoms with E-state index in [-0.39, 0.29) is 24.3 Å². The van der Waals surface area contributed by atoms with Crippen LogP contribution in [0.5, 0.6) is 11.5 Å². The van der Waals surface area contributed by atoms with Gasteiger partial charge in [0.2, 0.25) is 11.8 Å². The van der Waals surface area contributed by atoms with E-state index in [1.165, 1.54) is 0 Å². The van der Waals surface area contributed by atoms with E-state index in [0.717, 1.165) is 18.4 Å². The van der Waals surface area contributed by atoms with Gasteiger partial charge in [0, 0.05) is 25.6 Å². The van der Waals surface area contributed by atoms with Crippen molar-refractivity contribution in [1.82, 2.24) is 10.2 Å². The monoisotopic (exact) mass is 359 g/mol. The highest BCUT2D eigenvalue weighted by atomic mass is 16.5. The number of aryl methyl sites for hydroxylation is 1. The number of nitrogens with one attached hydrogen (secondary N) is 1. The molecule has 0 unspecified atom stereocenters. The van der Waals surface area contributed by atoms with Crippen LogP contribution in [0, 0.1) is 11.3 Å². The summed E-state index contributed by atoms with van der Waals surface area (Å²) in [6, 6.07) is 7.55. The first-order valence-electron chi connectivity index (χ1n) is 8.72. The number of likely N-dealkylation sites (tertiary alicyclic amines) is 1. The zero-order valence-electron chi connectivity index (χ0n) is 15.3. The normalized spacial score (nSPS) is 14.4. The minimum atomic E-state index is -0.245. The van der Waals surface area contributed by atoms with Crippen molar-refractivity contribution < 1.29 is 19.1 Å². The molecule has 26 heavy (non-hydrogen) atoms. The summed E-state index contributed by atoms with van der Waals surface area (Å²) in [5, 5.41) is 11.4. The molecule has 0 saturated carbocycles. The fraction of sp³-hybridized carbons (Fsp3) is 0.526. The van der Waals surface area contributed by atoms with Gasteiger partial charge in [0.1, 0.15) is 6.42 Å². The van der Waals surface area contributed by atoms with Crippen molar-refractivity contribution in [2.24, 2.45) is 0 Å². The van der Waals surface area contributed by atoms with E-state index < -0.39 is 0 Å². The number of amides is 2. The van der Waals surface area contributed by atoms with Gasteiger partial charge in [-0.1, -0.05) is 6.07 Å². The molecule has 1 aliphatic heterocycles. The molecule has 140 valence electrons. The van der Waals surface area contributed by atoms with Crippen LogP contribution in [0.3, 0.4) is 0 Å². The minimum absolute atomic E-state index is 0.0470. The number of carbonyl (C=O) groups is 2. The molecule has 1 aliphatic rings. The molecule has 0 bridgehead atoms. The Labute approximate surface area is 153 Å². The molecule has 1 aromatic carbocycles. The average Bonchev–Trinajstić information content (AvgIpc) is 2.66. The van der Waals surface area contributed by atoms with Gasteiger partial charge < -0.3 is 19.7 Å². The van der Waals surface area contributed by atoms with Crippen molar-refractivity contribution in [3.05, 3.63) is 23.8 Å². The smallest absolute Gasteiger partial charge is 0.234 e. The SMILES string of the molecule is COc1ccc(CCC(=O)N2CCC(NC(=O)CC#N)CC2)cc1OC. The molecule has 0 spiro atoms. The minimum Gasteiger partial charge on any atom is -0.493 e. The Bertz CT molecular complexity index is 676. The number of hydrogen-bond acceptors (Lipinski definition) is 5. The van der Waals surface area contributed by atoms with Crippen molar-refractivity contribution in [2.45, 2.75) is 38.1 Å². The van der Waals surface area contributed by atoms with Crippen molar-refractivity contribution in [1.29, 1.82) is 5.26 Å². The molecule has 7 heteroatoms. The summed E-state index contributed by atoms with van der Waals surface area (Å²) in [5.74, 6) is 1.20. The van der Waals surface area contributed by atoms with Crippen molar-refractivity contribution in [2.75, 3.05) is 27.3 Å². The van der Waals surface area contributed by atoms with Crippen molar-refractivity contribution >= 4 is 11.8 Å². The number of hydrogen-bond donors (Lipinski definition) is 1. The van der Waals surface area contributed by atoms with Crippen LogP contribution < -0.4 is 14.8 Å². The third kappa shape index (κ3) is 5.38. The molecule has 0 atom stereocenters. The summed E-state index contributed by atoms with van der Waals surface area (Å²) in [4.78, 5) is 25.7. The first-order valence-corrected chi connectivity index (χ1v) is 8.72. The zero-order valence-corrected chi connectivity index (χ0v) is 15.3. The Morgan fingerprint density at radius 1 is 1.23 bits per heavy atom. The number of ether oxygens (including phenoxy) is 2. The van der Waals surface area contributed by atoms with Crippen LogP contribution in [0.4, 0.5) is 0 Å². The molecule has 1 aromatic rings. The molecule has 1 heterocycles. The predicted molar refractivity (Wildman–Crippen MR) is 95.8 cm³/mol. The van der Waals surface area contributed by atoms with Gasteiger partial charge >= 0.3 is 0 Å². The van der Waals surface area contributed by atoms with Gasteiger partial charge in [-0.05, 0) is 37.0 Å². The molecule has 2 rings (SSSR count). The van der Waals surface area contributed by atoms with Crippen LogP contribution >= 0.6 is 0 Å². The standard InChI is InChI=1S/C19H25N3O4/c1-25-16-5-3-14(13-17(16)26-2)4-6-19(24)22-11-8-15(9-12-22)21-18(23)7-10-20/h3,5,13,15H,4,6-9,11-12H2,1-2H3,(H,21,23). The van der Waals surface area contributed by atoms with Gasteiger partial charge in [0.25, 0.3) is 0 Å². The van der Waals surface area contributed by atoms with Gasteiger partial charge in [0.15, 0.2) is 11.5 Å². The topological polar surface area (TPSA) is 91.7 Å². The second kappa shape index (κ2) is 9.66. The Morgan fingerprint density at radius 2 is 1.92 bits per heavy atom. The first-order chi connectivity index (χ1) is 12.6. The highest BCUT2D eigenvalue weighted by Crippen LogP contribution is 2.28. The van der Waals surface area contributed by atoms with E-state index in [0.29, 0.717) is 37.4 Å². The van der Waals surface area contributed by atoms with Crippen molar-refractivity contribution in [3.63, 3.8) is 0 Å². The number of methoxy groups -OCH3 is 2. The molecule has 0 radical (unpaired) electrons. The molecule has 7 nitrogen and oxygen atoms in total. The van der Waals surface area contributed by atoms with E-state index in [2.05, 4.69) is 5.32 Å². The van der Waals surface area contributed by atoms with E-state index in [4.69, 9.17) is 14.7 Å². The molecule has 0 aromatic heterocycles. The number of nitriles is 1. The predicted octanol–water partition coefficient (Wildman–Crippen LogP) is 1.66. The number of nitrogens with zero attached hydrogens (tertiary/aromatic N) is 2. The number of benzene rings is 1. The molecule has 1 saturated heterocycles. The quantitative estimate of drug-likeness (QED) is 0.799. The number of rotatable bonds is 7. The fourth-order valence-electron chi connectivity index (χ4n) is 3.07. The van der Waals surface area contributed by atoms with E-state index in [1.807, 2.05) is 29.2 Å². The van der Waals surface area contributed by atoms with Crippen LogP contribution in [0.25, 0.3) is 0 Å². The number of carbonyl (C=O) groups excluding carboxylic acids is 2. The highest BCUT2D eigenvalue weighted by molar-refractivity contribution is 5.78. The van der Waals surface area contributed by atoms with Crippen LogP contribution in [-0.2, 0) is 16.0 Å². The zero-order chi connectivity index (χ0) is 18.9. The van der Waals surface area contributed by atoms with Gasteiger partial charge in [-0.2, -0.15) is 5.26 Å². The van der Waals surface area contributed by atoms with E-state index in [1.54, 1.807) is 14.2 Å². The maximum Gasteiger partial charge on any atom is 0.234 e. The van der Waals surface area contributed by atoms with E-state index in [9.17, 15) is 9.59 Å². The summed E-state index contributed by atoms with van der Waals surface area (Å²) in [6.45, 7) is 1.25. The Morgan fingerprint density at radius 3 is 2.54 bits per heavy atom. The molecule has 1 N–H and O–H groups in total. The molecular formula is C19H25N3O4. The maximum atomic E-state index is 12.4. The first kappa shape index (κ1) is 19.6. The Kier molecular flexibility index (Phi) is 7.27. The van der Waals surface area contributed by atoms with Crippen LogP contribution in [0.2, 0.25) is 0 Å². The lowest BCUT2D eigenvalue weighted by atomic mass is 10.0. The summed E-state index contributed by atoms with van der Waals surface area (Å²) in [6.07, 6.45) is 2.39. The summed E-state index contributed by atoms with van der Waals surface area (Å²) < 4.78 is 10.5. The summed E-state index contributed by atoms with van der Waals surface area (Å²) >= 11 is 0. The lowest BCUT2D eigenvalue weighted by Crippen LogP contribution is -2.46. The summed E-state index contributed by atoms with van der Waals surface area (Å²) in [7, 11) is 3.18. The molecule has 2 amide bonds. The Balaban J connectivity index is 1.79.